The maximum Gasteiger partial charge on any atom is 0.220 e. The highest BCUT2D eigenvalue weighted by Gasteiger charge is 2.56. The molecule has 0 spiro atoms. The third-order valence-corrected chi connectivity index (χ3v) is 15.3. The first-order chi connectivity index (χ1) is 20.8. The first-order valence-corrected chi connectivity index (χ1v) is 20.9. The summed E-state index contributed by atoms with van der Waals surface area (Å²) < 4.78 is 39.0. The Labute approximate surface area is 273 Å². The third-order valence-electron chi connectivity index (χ3n) is 10.8. The van der Waals surface area contributed by atoms with E-state index in [-0.39, 0.29) is 35.6 Å². The van der Waals surface area contributed by atoms with E-state index in [2.05, 4.69) is 46.7 Å². The Morgan fingerprint density at radius 2 is 1.34 bits per heavy atom. The molecule has 0 N–H and O–H groups in total. The predicted octanol–water partition coefficient (Wildman–Crippen LogP) is 9.94. The number of rotatable bonds is 21. The zero-order valence-corrected chi connectivity index (χ0v) is 31.4. The fourth-order valence-corrected chi connectivity index (χ4v) is 7.78. The van der Waals surface area contributed by atoms with Crippen LogP contribution in [-0.2, 0) is 28.1 Å². The Bertz CT molecular complexity index is 837. The highest BCUT2D eigenvalue weighted by atomic mass is 28.4. The van der Waals surface area contributed by atoms with Gasteiger partial charge in [0.15, 0.2) is 8.32 Å². The summed E-state index contributed by atoms with van der Waals surface area (Å²) in [6.07, 6.45) is 25.1. The largest absolute Gasteiger partial charge is 0.411 e. The second kappa shape index (κ2) is 18.8. The van der Waals surface area contributed by atoms with E-state index in [9.17, 15) is 0 Å². The van der Waals surface area contributed by atoms with Crippen LogP contribution in [0.25, 0.3) is 0 Å². The van der Waals surface area contributed by atoms with Gasteiger partial charge in [-0.15, -0.1) is 12.3 Å². The SMILES string of the molecule is C#CCC[C@@H]1CC[C@@H]([C@H](CC[C@H]2O[C@@](C)(OC)[C@](C)(OC)O[C@H]2CCCCCCCCCCCC)O[Si](C)(C)C(C)(C)C)O1. The minimum Gasteiger partial charge on any atom is -0.411 e. The number of hydrogen-bond donors (Lipinski definition) is 0. The summed E-state index contributed by atoms with van der Waals surface area (Å²) in [6.45, 7) is 17.7. The summed E-state index contributed by atoms with van der Waals surface area (Å²) in [5, 5.41) is 0.115. The van der Waals surface area contributed by atoms with Crippen LogP contribution >= 0.6 is 0 Å². The molecular formula is C37H70O6Si. The van der Waals surface area contributed by atoms with E-state index < -0.39 is 19.9 Å². The van der Waals surface area contributed by atoms with Gasteiger partial charge in [-0.05, 0) is 70.5 Å². The summed E-state index contributed by atoms with van der Waals surface area (Å²) in [5.74, 6) is 0.775. The van der Waals surface area contributed by atoms with Crippen LogP contribution in [0, 0.1) is 12.3 Å². The van der Waals surface area contributed by atoms with Crippen LogP contribution in [0.4, 0.5) is 0 Å². The normalized spacial score (nSPS) is 30.4. The highest BCUT2D eigenvalue weighted by Crippen LogP contribution is 2.43. The maximum atomic E-state index is 7.09. The quantitative estimate of drug-likeness (QED) is 0.0709. The molecule has 0 aromatic rings. The van der Waals surface area contributed by atoms with Crippen molar-refractivity contribution in [3.63, 3.8) is 0 Å². The van der Waals surface area contributed by atoms with Crippen molar-refractivity contribution in [3.05, 3.63) is 0 Å². The van der Waals surface area contributed by atoms with Gasteiger partial charge < -0.3 is 28.1 Å². The van der Waals surface area contributed by atoms with E-state index in [1.165, 1.54) is 57.8 Å². The summed E-state index contributed by atoms with van der Waals surface area (Å²) in [6, 6.07) is 0. The van der Waals surface area contributed by atoms with Gasteiger partial charge in [0.2, 0.25) is 11.6 Å². The zero-order chi connectivity index (χ0) is 32.9. The molecule has 2 aliphatic heterocycles. The van der Waals surface area contributed by atoms with Crippen LogP contribution in [0.5, 0.6) is 0 Å². The Morgan fingerprint density at radius 3 is 1.84 bits per heavy atom. The second-order valence-corrected chi connectivity index (χ2v) is 19.9. The first-order valence-electron chi connectivity index (χ1n) is 18.0. The van der Waals surface area contributed by atoms with Crippen molar-refractivity contribution in [2.45, 2.75) is 211 Å². The van der Waals surface area contributed by atoms with Gasteiger partial charge in [0, 0.05) is 20.6 Å². The molecule has 0 aromatic carbocycles. The topological polar surface area (TPSA) is 55.4 Å². The van der Waals surface area contributed by atoms with Gasteiger partial charge in [-0.3, -0.25) is 0 Å². The number of unbranched alkanes of at least 4 members (excludes halogenated alkanes) is 9. The molecule has 258 valence electrons. The minimum absolute atomic E-state index is 0.0119. The first kappa shape index (κ1) is 39.7. The molecule has 2 aliphatic rings. The van der Waals surface area contributed by atoms with Crippen molar-refractivity contribution in [2.24, 2.45) is 0 Å². The molecule has 0 amide bonds. The smallest absolute Gasteiger partial charge is 0.220 e. The van der Waals surface area contributed by atoms with Gasteiger partial charge in [-0.2, -0.15) is 0 Å². The lowest BCUT2D eigenvalue weighted by molar-refractivity contribution is -0.449. The van der Waals surface area contributed by atoms with Crippen LogP contribution < -0.4 is 0 Å². The predicted molar refractivity (Wildman–Crippen MR) is 184 cm³/mol. The van der Waals surface area contributed by atoms with Crippen molar-refractivity contribution < 1.29 is 28.1 Å². The van der Waals surface area contributed by atoms with E-state index in [1.807, 2.05) is 13.8 Å². The fourth-order valence-electron chi connectivity index (χ4n) is 6.40. The number of hydrogen-bond acceptors (Lipinski definition) is 6. The van der Waals surface area contributed by atoms with E-state index in [1.54, 1.807) is 14.2 Å². The lowest BCUT2D eigenvalue weighted by Crippen LogP contribution is -2.65. The molecule has 7 heteroatoms. The van der Waals surface area contributed by atoms with Gasteiger partial charge in [-0.1, -0.05) is 91.9 Å². The van der Waals surface area contributed by atoms with Crippen LogP contribution in [0.15, 0.2) is 0 Å². The maximum absolute atomic E-state index is 7.09. The van der Waals surface area contributed by atoms with Crippen molar-refractivity contribution in [1.82, 2.24) is 0 Å². The Kier molecular flexibility index (Phi) is 16.9. The van der Waals surface area contributed by atoms with Crippen LogP contribution in [0.2, 0.25) is 18.1 Å². The minimum atomic E-state index is -2.03. The Morgan fingerprint density at radius 1 is 0.818 bits per heavy atom. The number of terminal acetylenes is 1. The van der Waals surface area contributed by atoms with Crippen LogP contribution in [-0.4, -0.2) is 64.6 Å². The standard InChI is InChI=1S/C37H70O6Si/c1-12-14-16-17-18-19-20-21-22-23-25-32-33(42-37(7,39-9)36(6,38-8)41-32)28-29-34(43-44(10,11)35(3,4)5)31-27-26-30(40-31)24-15-13-2/h2,30-34H,12,14-29H2,1,3-11H3/t30-,31+,32+,33-,34+,36-,37-/m1/s1. The highest BCUT2D eigenvalue weighted by molar-refractivity contribution is 6.74. The van der Waals surface area contributed by atoms with Gasteiger partial charge in [0.05, 0.1) is 30.5 Å². The van der Waals surface area contributed by atoms with Crippen LogP contribution in [0.1, 0.15) is 151 Å². The van der Waals surface area contributed by atoms with E-state index >= 15 is 0 Å². The molecule has 7 atom stereocenters. The monoisotopic (exact) mass is 638 g/mol. The molecular weight excluding hydrogens is 568 g/mol. The summed E-state index contributed by atoms with van der Waals surface area (Å²) in [7, 11) is 1.32. The average Bonchev–Trinajstić information content (AvgIpc) is 3.45. The summed E-state index contributed by atoms with van der Waals surface area (Å²) in [5.41, 5.74) is 0. The number of methoxy groups -OCH3 is 2. The van der Waals surface area contributed by atoms with Crippen LogP contribution in [0.3, 0.4) is 0 Å². The van der Waals surface area contributed by atoms with Crippen molar-refractivity contribution in [1.29, 1.82) is 0 Å². The molecule has 2 fully saturated rings. The fraction of sp³-hybridized carbons (Fsp3) is 0.946. The molecule has 0 bridgehead atoms. The lowest BCUT2D eigenvalue weighted by atomic mass is 9.94. The molecule has 44 heavy (non-hydrogen) atoms. The van der Waals surface area contributed by atoms with Gasteiger partial charge in [-0.25, -0.2) is 0 Å². The molecule has 0 saturated carbocycles. The zero-order valence-electron chi connectivity index (χ0n) is 30.4. The Balaban J connectivity index is 2.09. The molecule has 0 radical (unpaired) electrons. The Hall–Kier alpha value is -0.463. The average molecular weight is 639 g/mol. The molecule has 2 rings (SSSR count). The summed E-state index contributed by atoms with van der Waals surface area (Å²) in [4.78, 5) is 0. The van der Waals surface area contributed by atoms with Gasteiger partial charge in [0.25, 0.3) is 0 Å². The molecule has 0 aliphatic carbocycles. The van der Waals surface area contributed by atoms with Gasteiger partial charge in [0.1, 0.15) is 0 Å². The molecule has 2 heterocycles. The van der Waals surface area contributed by atoms with E-state index in [0.29, 0.717) is 0 Å². The van der Waals surface area contributed by atoms with Crippen molar-refractivity contribution in [3.8, 4) is 12.3 Å². The molecule has 0 unspecified atom stereocenters. The molecule has 0 aromatic heterocycles. The number of ether oxygens (including phenoxy) is 5. The summed E-state index contributed by atoms with van der Waals surface area (Å²) >= 11 is 0. The van der Waals surface area contributed by atoms with Crippen molar-refractivity contribution >= 4 is 8.32 Å². The molecule has 2 saturated heterocycles. The van der Waals surface area contributed by atoms with Crippen molar-refractivity contribution in [2.75, 3.05) is 14.2 Å². The van der Waals surface area contributed by atoms with Gasteiger partial charge >= 0.3 is 0 Å². The lowest BCUT2D eigenvalue weighted by Gasteiger charge is -2.52. The second-order valence-electron chi connectivity index (χ2n) is 15.2. The molecule has 6 nitrogen and oxygen atoms in total. The third kappa shape index (κ3) is 11.7. The van der Waals surface area contributed by atoms with E-state index in [0.717, 1.165) is 51.4 Å². The van der Waals surface area contributed by atoms with E-state index in [4.69, 9.17) is 34.5 Å².